The van der Waals surface area contributed by atoms with Crippen LogP contribution in [0, 0.1) is 5.92 Å². The lowest BCUT2D eigenvalue weighted by Gasteiger charge is -2.25. The van der Waals surface area contributed by atoms with Gasteiger partial charge < -0.3 is 9.80 Å². The number of likely N-dealkylation sites (tertiary alicyclic amines) is 1. The van der Waals surface area contributed by atoms with Crippen LogP contribution in [0.1, 0.15) is 31.7 Å². The molecule has 0 spiro atoms. The van der Waals surface area contributed by atoms with Gasteiger partial charge in [0.1, 0.15) is 5.78 Å². The Morgan fingerprint density at radius 2 is 1.95 bits per heavy atom. The van der Waals surface area contributed by atoms with E-state index in [1.807, 2.05) is 38.1 Å². The fourth-order valence-corrected chi connectivity index (χ4v) is 3.24. The first kappa shape index (κ1) is 17.5. The van der Waals surface area contributed by atoms with Crippen molar-refractivity contribution in [1.29, 1.82) is 0 Å². The van der Waals surface area contributed by atoms with E-state index in [0.29, 0.717) is 16.8 Å². The summed E-state index contributed by atoms with van der Waals surface area (Å²) in [4.78, 5) is 17.4. The zero-order chi connectivity index (χ0) is 16.3. The number of halogens is 1. The number of likely N-dealkylation sites (N-methyl/N-ethyl adjacent to an activating group) is 1. The van der Waals surface area contributed by atoms with Gasteiger partial charge in [-0.2, -0.15) is 0 Å². The number of Topliss-reactive ketones (excluding diaryl/α,β-unsaturated/α-hetero) is 1. The van der Waals surface area contributed by atoms with Crippen LogP contribution in [-0.4, -0.2) is 55.4 Å². The summed E-state index contributed by atoms with van der Waals surface area (Å²) in [7, 11) is 4.26. The highest BCUT2D eigenvalue weighted by Gasteiger charge is 2.30. The fourth-order valence-electron chi connectivity index (χ4n) is 3.11. The molecule has 22 heavy (non-hydrogen) atoms. The van der Waals surface area contributed by atoms with Crippen LogP contribution in [0.4, 0.5) is 0 Å². The monoisotopic (exact) mass is 322 g/mol. The summed E-state index contributed by atoms with van der Waals surface area (Å²) in [5.41, 5.74) is 1.08. The third-order valence-corrected chi connectivity index (χ3v) is 4.86. The number of carbonyl (C=O) groups excluding carboxylic acids is 1. The molecule has 1 aliphatic rings. The third kappa shape index (κ3) is 4.31. The minimum atomic E-state index is -0.0572. The summed E-state index contributed by atoms with van der Waals surface area (Å²) in [5.74, 6) is 0.307. The third-order valence-electron chi connectivity index (χ3n) is 4.60. The van der Waals surface area contributed by atoms with E-state index in [0.717, 1.165) is 25.2 Å². The lowest BCUT2D eigenvalue weighted by molar-refractivity contribution is -0.123. The van der Waals surface area contributed by atoms with Crippen LogP contribution in [0.3, 0.4) is 0 Å². The largest absolute Gasteiger partial charge is 0.305 e. The molecule has 0 aliphatic carbocycles. The molecule has 0 bridgehead atoms. The fraction of sp³-hybridized carbons (Fsp3) is 0.611. The molecule has 3 nitrogen and oxygen atoms in total. The molecule has 2 rings (SSSR count). The number of ketones is 1. The molecule has 1 saturated heterocycles. The van der Waals surface area contributed by atoms with Crippen molar-refractivity contribution in [3.8, 4) is 0 Å². The van der Waals surface area contributed by atoms with E-state index in [-0.39, 0.29) is 11.8 Å². The second-order valence-corrected chi connectivity index (χ2v) is 7.26. The van der Waals surface area contributed by atoms with Crippen molar-refractivity contribution in [1.82, 2.24) is 9.80 Å². The SMILES string of the molecule is CC(C)C(=O)[C@@H](CN1CC[C@H](N(C)C)C1)c1ccc(Cl)cc1. The summed E-state index contributed by atoms with van der Waals surface area (Å²) in [6.07, 6.45) is 1.18. The van der Waals surface area contributed by atoms with E-state index in [4.69, 9.17) is 11.6 Å². The Labute approximate surface area is 139 Å². The highest BCUT2D eigenvalue weighted by atomic mass is 35.5. The van der Waals surface area contributed by atoms with Crippen LogP contribution in [0.2, 0.25) is 5.02 Å². The van der Waals surface area contributed by atoms with Crippen molar-refractivity contribution in [2.75, 3.05) is 33.7 Å². The van der Waals surface area contributed by atoms with Crippen LogP contribution in [0.5, 0.6) is 0 Å². The highest BCUT2D eigenvalue weighted by Crippen LogP contribution is 2.25. The molecule has 0 unspecified atom stereocenters. The van der Waals surface area contributed by atoms with E-state index in [2.05, 4.69) is 23.9 Å². The molecule has 1 aliphatic heterocycles. The summed E-state index contributed by atoms with van der Waals surface area (Å²) in [6.45, 7) is 6.89. The number of nitrogens with zero attached hydrogens (tertiary/aromatic N) is 2. The van der Waals surface area contributed by atoms with Gasteiger partial charge in [-0.15, -0.1) is 0 Å². The second kappa shape index (κ2) is 7.58. The first-order chi connectivity index (χ1) is 10.4. The predicted octanol–water partition coefficient (Wildman–Crippen LogP) is 3.28. The van der Waals surface area contributed by atoms with Crippen molar-refractivity contribution >= 4 is 17.4 Å². The van der Waals surface area contributed by atoms with Gasteiger partial charge in [0.2, 0.25) is 0 Å². The number of hydrogen-bond donors (Lipinski definition) is 0. The molecule has 0 saturated carbocycles. The molecule has 1 fully saturated rings. The van der Waals surface area contributed by atoms with Gasteiger partial charge in [0.05, 0.1) is 5.92 Å². The molecule has 1 heterocycles. The van der Waals surface area contributed by atoms with Gasteiger partial charge in [0.15, 0.2) is 0 Å². The van der Waals surface area contributed by atoms with Crippen molar-refractivity contribution in [3.05, 3.63) is 34.9 Å². The van der Waals surface area contributed by atoms with Gasteiger partial charge in [-0.3, -0.25) is 4.79 Å². The van der Waals surface area contributed by atoms with Crippen LogP contribution in [0.25, 0.3) is 0 Å². The minimum Gasteiger partial charge on any atom is -0.305 e. The van der Waals surface area contributed by atoms with Crippen LogP contribution in [0.15, 0.2) is 24.3 Å². The lowest BCUT2D eigenvalue weighted by atomic mass is 9.88. The standard InChI is InChI=1S/C18H27ClN2O/c1-13(2)18(22)17(14-5-7-15(19)8-6-14)12-21-10-9-16(11-21)20(3)4/h5-8,13,16-17H,9-12H2,1-4H3/t16-,17-/m0/s1. The van der Waals surface area contributed by atoms with Gasteiger partial charge in [0, 0.05) is 30.1 Å². The maximum Gasteiger partial charge on any atom is 0.144 e. The number of benzene rings is 1. The molecule has 2 atom stereocenters. The molecule has 0 N–H and O–H groups in total. The molecule has 0 aromatic heterocycles. The highest BCUT2D eigenvalue weighted by molar-refractivity contribution is 6.30. The average Bonchev–Trinajstić information content (AvgIpc) is 2.94. The minimum absolute atomic E-state index is 0.0490. The maximum absolute atomic E-state index is 12.7. The Bertz CT molecular complexity index is 498. The smallest absolute Gasteiger partial charge is 0.144 e. The van der Waals surface area contributed by atoms with Crippen LogP contribution in [-0.2, 0) is 4.79 Å². The normalized spacial score (nSPS) is 20.8. The molecule has 0 amide bonds. The summed E-state index contributed by atoms with van der Waals surface area (Å²) in [6, 6.07) is 8.34. The van der Waals surface area contributed by atoms with Gasteiger partial charge in [-0.1, -0.05) is 37.6 Å². The number of rotatable bonds is 6. The van der Waals surface area contributed by atoms with Crippen LogP contribution >= 0.6 is 11.6 Å². The Balaban J connectivity index is 2.12. The average molecular weight is 323 g/mol. The van der Waals surface area contributed by atoms with E-state index < -0.39 is 0 Å². The van der Waals surface area contributed by atoms with E-state index >= 15 is 0 Å². The Morgan fingerprint density at radius 1 is 1.32 bits per heavy atom. The first-order valence-electron chi connectivity index (χ1n) is 8.06. The van der Waals surface area contributed by atoms with E-state index in [9.17, 15) is 4.79 Å². The van der Waals surface area contributed by atoms with Crippen LogP contribution < -0.4 is 0 Å². The summed E-state index contributed by atoms with van der Waals surface area (Å²) in [5, 5.41) is 0.716. The Hall–Kier alpha value is -0.900. The second-order valence-electron chi connectivity index (χ2n) is 6.83. The molecule has 4 heteroatoms. The molecule has 122 valence electrons. The Morgan fingerprint density at radius 3 is 2.45 bits per heavy atom. The van der Waals surface area contributed by atoms with Crippen molar-refractivity contribution in [2.45, 2.75) is 32.2 Å². The van der Waals surface area contributed by atoms with Crippen molar-refractivity contribution in [2.24, 2.45) is 5.92 Å². The summed E-state index contributed by atoms with van der Waals surface area (Å²) < 4.78 is 0. The number of carbonyl (C=O) groups is 1. The van der Waals surface area contributed by atoms with Gasteiger partial charge in [-0.05, 0) is 44.8 Å². The molecular weight excluding hydrogens is 296 g/mol. The lowest BCUT2D eigenvalue weighted by Crippen LogP contribution is -2.35. The van der Waals surface area contributed by atoms with E-state index in [1.54, 1.807) is 0 Å². The predicted molar refractivity (Wildman–Crippen MR) is 92.6 cm³/mol. The molecule has 1 aromatic rings. The van der Waals surface area contributed by atoms with Gasteiger partial charge >= 0.3 is 0 Å². The zero-order valence-corrected chi connectivity index (χ0v) is 14.8. The number of hydrogen-bond acceptors (Lipinski definition) is 3. The quantitative estimate of drug-likeness (QED) is 0.803. The first-order valence-corrected chi connectivity index (χ1v) is 8.44. The van der Waals surface area contributed by atoms with Crippen molar-refractivity contribution < 1.29 is 4.79 Å². The van der Waals surface area contributed by atoms with E-state index in [1.165, 1.54) is 6.42 Å². The molecular formula is C18H27ClN2O. The molecule has 1 aromatic carbocycles. The molecule has 0 radical (unpaired) electrons. The van der Waals surface area contributed by atoms with Gasteiger partial charge in [-0.25, -0.2) is 0 Å². The van der Waals surface area contributed by atoms with Gasteiger partial charge in [0.25, 0.3) is 0 Å². The maximum atomic E-state index is 12.7. The topological polar surface area (TPSA) is 23.6 Å². The zero-order valence-electron chi connectivity index (χ0n) is 14.1. The summed E-state index contributed by atoms with van der Waals surface area (Å²) >= 11 is 5.98. The van der Waals surface area contributed by atoms with Crippen molar-refractivity contribution in [3.63, 3.8) is 0 Å². The Kier molecular flexibility index (Phi) is 6.01.